The van der Waals surface area contributed by atoms with Crippen molar-refractivity contribution in [3.05, 3.63) is 35.2 Å². The molecule has 1 aromatic heterocycles. The van der Waals surface area contributed by atoms with Crippen LogP contribution in [0.25, 0.3) is 17.1 Å². The van der Waals surface area contributed by atoms with Crippen LogP contribution in [0.1, 0.15) is 36.7 Å². The number of benzene rings is 1. The second-order valence-electron chi connectivity index (χ2n) is 4.45. The minimum Gasteiger partial charge on any atom is -0.342 e. The summed E-state index contributed by atoms with van der Waals surface area (Å²) in [5, 5.41) is 0. The maximum Gasteiger partial charge on any atom is 0.109 e. The Balaban J connectivity index is 2.23. The van der Waals surface area contributed by atoms with E-state index in [9.17, 15) is 0 Å². The maximum absolute atomic E-state index is 4.60. The molecule has 2 heteroatoms. The van der Waals surface area contributed by atoms with Gasteiger partial charge in [-0.3, -0.25) is 0 Å². The van der Waals surface area contributed by atoms with Gasteiger partial charge in [-0.25, -0.2) is 4.98 Å². The highest BCUT2D eigenvalue weighted by atomic mass is 14.9. The Morgan fingerprint density at radius 1 is 1.33 bits per heavy atom. The zero-order chi connectivity index (χ0) is 10.4. The summed E-state index contributed by atoms with van der Waals surface area (Å²) < 4.78 is 0. The standard InChI is InChI=1S/C13H14N2/c1-8(2)13-14-11-6-9-4-3-5-10(9)7-12(11)15-13/h3-4,6-8H,5H2,1-2H3,(H,14,15). The Labute approximate surface area is 89.0 Å². The van der Waals surface area contributed by atoms with Crippen LogP contribution < -0.4 is 0 Å². The van der Waals surface area contributed by atoms with Crippen LogP contribution in [0.5, 0.6) is 0 Å². The molecule has 1 N–H and O–H groups in total. The summed E-state index contributed by atoms with van der Waals surface area (Å²) in [6.07, 6.45) is 5.44. The average Bonchev–Trinajstić information content (AvgIpc) is 2.77. The second kappa shape index (κ2) is 2.96. The van der Waals surface area contributed by atoms with Crippen LogP contribution in [0.2, 0.25) is 0 Å². The molecule has 1 heterocycles. The van der Waals surface area contributed by atoms with Gasteiger partial charge in [0.05, 0.1) is 11.0 Å². The van der Waals surface area contributed by atoms with Crippen molar-refractivity contribution in [3.63, 3.8) is 0 Å². The van der Waals surface area contributed by atoms with Crippen LogP contribution in [0.15, 0.2) is 18.2 Å². The summed E-state index contributed by atoms with van der Waals surface area (Å²) in [5.74, 6) is 1.54. The zero-order valence-electron chi connectivity index (χ0n) is 9.04. The lowest BCUT2D eigenvalue weighted by molar-refractivity contribution is 0.799. The Morgan fingerprint density at radius 3 is 3.00 bits per heavy atom. The molecule has 0 saturated carbocycles. The molecule has 1 aliphatic carbocycles. The Hall–Kier alpha value is -1.57. The third-order valence-electron chi connectivity index (χ3n) is 2.94. The van der Waals surface area contributed by atoms with E-state index in [0.29, 0.717) is 5.92 Å². The number of fused-ring (bicyclic) bond motifs is 2. The van der Waals surface area contributed by atoms with E-state index < -0.39 is 0 Å². The number of hydrogen-bond acceptors (Lipinski definition) is 1. The highest BCUT2D eigenvalue weighted by molar-refractivity contribution is 5.81. The third-order valence-corrected chi connectivity index (χ3v) is 2.94. The zero-order valence-corrected chi connectivity index (χ0v) is 9.04. The molecule has 0 amide bonds. The van der Waals surface area contributed by atoms with Gasteiger partial charge >= 0.3 is 0 Å². The monoisotopic (exact) mass is 198 g/mol. The van der Waals surface area contributed by atoms with E-state index in [4.69, 9.17) is 0 Å². The van der Waals surface area contributed by atoms with Gasteiger partial charge in [0.1, 0.15) is 5.82 Å². The molecule has 2 aromatic rings. The fraction of sp³-hybridized carbons (Fsp3) is 0.308. The van der Waals surface area contributed by atoms with Crippen molar-refractivity contribution in [2.75, 3.05) is 0 Å². The van der Waals surface area contributed by atoms with Crippen molar-refractivity contribution in [2.45, 2.75) is 26.2 Å². The maximum atomic E-state index is 4.60. The van der Waals surface area contributed by atoms with E-state index in [0.717, 1.165) is 17.8 Å². The molecule has 0 bridgehead atoms. The SMILES string of the molecule is CC(C)c1nc2cc3c(cc2[nH]1)CC=C3. The topological polar surface area (TPSA) is 28.7 Å². The first-order valence-electron chi connectivity index (χ1n) is 5.43. The summed E-state index contributed by atoms with van der Waals surface area (Å²) in [7, 11) is 0. The lowest BCUT2D eigenvalue weighted by atomic mass is 10.1. The molecule has 3 rings (SSSR count). The van der Waals surface area contributed by atoms with Crippen LogP contribution in [0.3, 0.4) is 0 Å². The van der Waals surface area contributed by atoms with Crippen molar-refractivity contribution in [2.24, 2.45) is 0 Å². The number of allylic oxidation sites excluding steroid dienone is 1. The molecule has 1 aromatic carbocycles. The minimum absolute atomic E-state index is 0.461. The Morgan fingerprint density at radius 2 is 2.20 bits per heavy atom. The number of aromatic amines is 1. The molecule has 0 unspecified atom stereocenters. The van der Waals surface area contributed by atoms with Crippen LogP contribution in [-0.2, 0) is 6.42 Å². The first kappa shape index (κ1) is 8.72. The summed E-state index contributed by atoms with van der Waals surface area (Å²) in [5.41, 5.74) is 4.98. The van der Waals surface area contributed by atoms with Gasteiger partial charge in [0.15, 0.2) is 0 Å². The van der Waals surface area contributed by atoms with Crippen molar-refractivity contribution >= 4 is 17.1 Å². The quantitative estimate of drug-likeness (QED) is 0.748. The lowest BCUT2D eigenvalue weighted by Gasteiger charge is -1.97. The lowest BCUT2D eigenvalue weighted by Crippen LogP contribution is -1.88. The Bertz CT molecular complexity index is 547. The van der Waals surface area contributed by atoms with Gasteiger partial charge in [0.2, 0.25) is 0 Å². The molecular weight excluding hydrogens is 184 g/mol. The number of aromatic nitrogens is 2. The molecule has 1 aliphatic rings. The molecule has 0 aliphatic heterocycles. The number of imidazole rings is 1. The first-order valence-corrected chi connectivity index (χ1v) is 5.43. The number of nitrogens with zero attached hydrogens (tertiary/aromatic N) is 1. The number of hydrogen-bond donors (Lipinski definition) is 1. The van der Waals surface area contributed by atoms with Crippen molar-refractivity contribution < 1.29 is 0 Å². The van der Waals surface area contributed by atoms with Crippen molar-refractivity contribution in [1.29, 1.82) is 0 Å². The minimum atomic E-state index is 0.461. The molecule has 0 atom stereocenters. The number of rotatable bonds is 1. The molecule has 0 fully saturated rings. The second-order valence-corrected chi connectivity index (χ2v) is 4.45. The first-order chi connectivity index (χ1) is 7.24. The fourth-order valence-corrected chi connectivity index (χ4v) is 2.06. The summed E-state index contributed by atoms with van der Waals surface area (Å²) in [4.78, 5) is 7.99. The normalized spacial score (nSPS) is 14.1. The average molecular weight is 198 g/mol. The molecule has 76 valence electrons. The summed E-state index contributed by atoms with van der Waals surface area (Å²) in [6, 6.07) is 4.40. The predicted molar refractivity (Wildman–Crippen MR) is 62.9 cm³/mol. The highest BCUT2D eigenvalue weighted by Crippen LogP contribution is 2.25. The van der Waals surface area contributed by atoms with E-state index >= 15 is 0 Å². The fourth-order valence-electron chi connectivity index (χ4n) is 2.06. The van der Waals surface area contributed by atoms with E-state index in [-0.39, 0.29) is 0 Å². The smallest absolute Gasteiger partial charge is 0.109 e. The summed E-state index contributed by atoms with van der Waals surface area (Å²) >= 11 is 0. The van der Waals surface area contributed by atoms with Crippen LogP contribution in [0, 0.1) is 0 Å². The van der Waals surface area contributed by atoms with E-state index in [1.807, 2.05) is 0 Å². The van der Waals surface area contributed by atoms with E-state index in [1.165, 1.54) is 16.6 Å². The largest absolute Gasteiger partial charge is 0.342 e. The van der Waals surface area contributed by atoms with Gasteiger partial charge in [0.25, 0.3) is 0 Å². The third kappa shape index (κ3) is 1.29. The molecule has 0 saturated heterocycles. The van der Waals surface area contributed by atoms with Gasteiger partial charge < -0.3 is 4.98 Å². The van der Waals surface area contributed by atoms with E-state index in [2.05, 4.69) is 48.1 Å². The van der Waals surface area contributed by atoms with Gasteiger partial charge in [-0.15, -0.1) is 0 Å². The van der Waals surface area contributed by atoms with Crippen molar-refractivity contribution in [3.8, 4) is 0 Å². The van der Waals surface area contributed by atoms with Crippen LogP contribution in [0.4, 0.5) is 0 Å². The van der Waals surface area contributed by atoms with E-state index in [1.54, 1.807) is 0 Å². The molecule has 0 radical (unpaired) electrons. The molecule has 15 heavy (non-hydrogen) atoms. The van der Waals surface area contributed by atoms with Gasteiger partial charge in [-0.05, 0) is 29.7 Å². The molecular formula is C13H14N2. The number of nitrogens with one attached hydrogen (secondary N) is 1. The van der Waals surface area contributed by atoms with Crippen LogP contribution in [-0.4, -0.2) is 9.97 Å². The van der Waals surface area contributed by atoms with Crippen molar-refractivity contribution in [1.82, 2.24) is 9.97 Å². The number of H-pyrrole nitrogens is 1. The molecule has 0 spiro atoms. The van der Waals surface area contributed by atoms with Crippen LogP contribution >= 0.6 is 0 Å². The van der Waals surface area contributed by atoms with Gasteiger partial charge in [-0.1, -0.05) is 26.0 Å². The summed E-state index contributed by atoms with van der Waals surface area (Å²) in [6.45, 7) is 4.32. The highest BCUT2D eigenvalue weighted by Gasteiger charge is 2.11. The Kier molecular flexibility index (Phi) is 1.72. The van der Waals surface area contributed by atoms with Gasteiger partial charge in [-0.2, -0.15) is 0 Å². The molecule has 2 nitrogen and oxygen atoms in total. The van der Waals surface area contributed by atoms with Gasteiger partial charge in [0, 0.05) is 5.92 Å². The predicted octanol–water partition coefficient (Wildman–Crippen LogP) is 3.26.